The van der Waals surface area contributed by atoms with Crippen LogP contribution in [-0.2, 0) is 4.79 Å². The first kappa shape index (κ1) is 16.2. The van der Waals surface area contributed by atoms with Crippen molar-refractivity contribution in [2.24, 2.45) is 0 Å². The summed E-state index contributed by atoms with van der Waals surface area (Å²) in [5.74, 6) is 0.181. The van der Waals surface area contributed by atoms with Crippen LogP contribution in [0.25, 0.3) is 27.6 Å². The van der Waals surface area contributed by atoms with E-state index in [9.17, 15) is 9.18 Å². The summed E-state index contributed by atoms with van der Waals surface area (Å²) in [4.78, 5) is 15.6. The minimum atomic E-state index is -0.313. The highest BCUT2D eigenvalue weighted by Gasteiger charge is 2.14. The van der Waals surface area contributed by atoms with Gasteiger partial charge in [-0.3, -0.25) is 4.79 Å². The lowest BCUT2D eigenvalue weighted by Crippen LogP contribution is -2.04. The Hall–Kier alpha value is -3.32. The van der Waals surface area contributed by atoms with Crippen LogP contribution in [0.1, 0.15) is 0 Å². The minimum Gasteiger partial charge on any atom is -0.313 e. The number of anilines is 1. The van der Waals surface area contributed by atoms with Crippen LogP contribution in [0.15, 0.2) is 66.0 Å². The number of thiazole rings is 1. The van der Waals surface area contributed by atoms with E-state index in [0.29, 0.717) is 23.1 Å². The lowest BCUT2D eigenvalue weighted by molar-refractivity contribution is -0.105. The largest absolute Gasteiger partial charge is 0.313 e. The van der Waals surface area contributed by atoms with E-state index in [4.69, 9.17) is 0 Å². The van der Waals surface area contributed by atoms with Crippen molar-refractivity contribution < 1.29 is 9.18 Å². The molecule has 0 bridgehead atoms. The van der Waals surface area contributed by atoms with Crippen molar-refractivity contribution in [1.82, 2.24) is 14.8 Å². The van der Waals surface area contributed by atoms with Crippen molar-refractivity contribution in [3.05, 3.63) is 71.9 Å². The Morgan fingerprint density at radius 2 is 1.73 bits per heavy atom. The fourth-order valence-electron chi connectivity index (χ4n) is 2.55. The van der Waals surface area contributed by atoms with Gasteiger partial charge in [0.2, 0.25) is 11.5 Å². The molecule has 2 aromatic heterocycles. The van der Waals surface area contributed by atoms with Gasteiger partial charge in [-0.25, -0.2) is 9.37 Å². The van der Waals surface area contributed by atoms with E-state index < -0.39 is 0 Å². The van der Waals surface area contributed by atoms with Gasteiger partial charge in [0.1, 0.15) is 11.6 Å². The molecule has 128 valence electrons. The zero-order chi connectivity index (χ0) is 17.9. The van der Waals surface area contributed by atoms with Crippen LogP contribution in [0.4, 0.5) is 10.2 Å². The Balaban J connectivity index is 1.75. The molecule has 26 heavy (non-hydrogen) atoms. The predicted octanol–water partition coefficient (Wildman–Crippen LogP) is 4.37. The van der Waals surface area contributed by atoms with Crippen LogP contribution in [0.5, 0.6) is 0 Å². The molecular formula is C19H13FN4OS. The summed E-state index contributed by atoms with van der Waals surface area (Å²) in [6.07, 6.45) is 0.591. The van der Waals surface area contributed by atoms with Crippen molar-refractivity contribution >= 4 is 23.6 Å². The molecule has 0 aliphatic carbocycles. The number of nitrogens with one attached hydrogen (secondary N) is 1. The van der Waals surface area contributed by atoms with Crippen molar-refractivity contribution in [3.63, 3.8) is 0 Å². The molecular weight excluding hydrogens is 351 g/mol. The van der Waals surface area contributed by atoms with Gasteiger partial charge in [0.15, 0.2) is 0 Å². The van der Waals surface area contributed by atoms with Crippen LogP contribution < -0.4 is 5.32 Å². The van der Waals surface area contributed by atoms with E-state index in [0.717, 1.165) is 16.8 Å². The molecule has 0 saturated carbocycles. The van der Waals surface area contributed by atoms with Crippen molar-refractivity contribution in [3.8, 4) is 27.6 Å². The summed E-state index contributed by atoms with van der Waals surface area (Å²) >= 11 is 1.42. The first-order valence-corrected chi connectivity index (χ1v) is 8.70. The highest BCUT2D eigenvalue weighted by molar-refractivity contribution is 7.12. The first-order valence-electron chi connectivity index (χ1n) is 7.82. The second-order valence-corrected chi connectivity index (χ2v) is 6.31. The van der Waals surface area contributed by atoms with Gasteiger partial charge in [-0.2, -0.15) is 9.78 Å². The molecule has 7 heteroatoms. The van der Waals surface area contributed by atoms with Crippen LogP contribution in [0.2, 0.25) is 0 Å². The standard InChI is InChI=1S/C19H13FN4OS/c20-15-8-6-14(7-9-15)16-10-18(21-12-25)24(23-16)19-22-17(11-26-19)13-4-2-1-3-5-13/h1-12H,(H,21,25). The maximum atomic E-state index is 13.1. The average Bonchev–Trinajstić information content (AvgIpc) is 3.31. The lowest BCUT2D eigenvalue weighted by atomic mass is 10.1. The molecule has 0 spiro atoms. The van der Waals surface area contributed by atoms with Crippen LogP contribution in [0.3, 0.4) is 0 Å². The number of halogens is 1. The Kier molecular flexibility index (Phi) is 4.28. The Morgan fingerprint density at radius 3 is 2.46 bits per heavy atom. The molecule has 0 atom stereocenters. The normalized spacial score (nSPS) is 10.7. The maximum Gasteiger partial charge on any atom is 0.212 e. The number of hydrogen-bond donors (Lipinski definition) is 1. The highest BCUT2D eigenvalue weighted by atomic mass is 32.1. The third-order valence-electron chi connectivity index (χ3n) is 3.80. The van der Waals surface area contributed by atoms with E-state index in [1.165, 1.54) is 23.5 Å². The summed E-state index contributed by atoms with van der Waals surface area (Å²) in [5.41, 5.74) is 3.21. The SMILES string of the molecule is O=CNc1cc(-c2ccc(F)cc2)nn1-c1nc(-c2ccccc2)cs1. The lowest BCUT2D eigenvalue weighted by Gasteiger charge is -2.01. The van der Waals surface area contributed by atoms with Gasteiger partial charge in [-0.15, -0.1) is 11.3 Å². The van der Waals surface area contributed by atoms with Gasteiger partial charge >= 0.3 is 0 Å². The molecule has 0 unspecified atom stereocenters. The van der Waals surface area contributed by atoms with Crippen molar-refractivity contribution in [2.45, 2.75) is 0 Å². The molecule has 2 aromatic carbocycles. The van der Waals surface area contributed by atoms with Crippen LogP contribution in [0, 0.1) is 5.82 Å². The number of carbonyl (C=O) groups excluding carboxylic acids is 1. The van der Waals surface area contributed by atoms with E-state index in [1.807, 2.05) is 35.7 Å². The number of benzene rings is 2. The molecule has 1 N–H and O–H groups in total. The molecule has 0 saturated heterocycles. The number of hydrogen-bond acceptors (Lipinski definition) is 4. The monoisotopic (exact) mass is 364 g/mol. The molecule has 0 fully saturated rings. The van der Waals surface area contributed by atoms with E-state index in [1.54, 1.807) is 22.9 Å². The van der Waals surface area contributed by atoms with E-state index in [-0.39, 0.29) is 5.82 Å². The fraction of sp³-hybridized carbons (Fsp3) is 0. The van der Waals surface area contributed by atoms with E-state index >= 15 is 0 Å². The number of carbonyl (C=O) groups is 1. The molecule has 4 rings (SSSR count). The Labute approximate surface area is 152 Å². The maximum absolute atomic E-state index is 13.1. The third-order valence-corrected chi connectivity index (χ3v) is 4.62. The van der Waals surface area contributed by atoms with Crippen LogP contribution in [-0.4, -0.2) is 21.2 Å². The highest BCUT2D eigenvalue weighted by Crippen LogP contribution is 2.28. The molecule has 4 aromatic rings. The number of amides is 1. The summed E-state index contributed by atoms with van der Waals surface area (Å²) < 4.78 is 14.7. The van der Waals surface area contributed by atoms with Gasteiger partial charge in [-0.05, 0) is 24.3 Å². The van der Waals surface area contributed by atoms with Gasteiger partial charge in [-0.1, -0.05) is 30.3 Å². The third kappa shape index (κ3) is 3.12. The van der Waals surface area contributed by atoms with Crippen molar-refractivity contribution in [2.75, 3.05) is 5.32 Å². The zero-order valence-electron chi connectivity index (χ0n) is 13.5. The number of nitrogens with zero attached hydrogens (tertiary/aromatic N) is 3. The molecule has 2 heterocycles. The first-order chi connectivity index (χ1) is 12.7. The van der Waals surface area contributed by atoms with Crippen LogP contribution >= 0.6 is 11.3 Å². The van der Waals surface area contributed by atoms with Crippen molar-refractivity contribution in [1.29, 1.82) is 0 Å². The second-order valence-electron chi connectivity index (χ2n) is 5.48. The van der Waals surface area contributed by atoms with Gasteiger partial charge < -0.3 is 5.32 Å². The summed E-state index contributed by atoms with van der Waals surface area (Å²) in [5, 5.41) is 9.73. The Morgan fingerprint density at radius 1 is 1.00 bits per heavy atom. The number of aromatic nitrogens is 3. The fourth-order valence-corrected chi connectivity index (χ4v) is 3.35. The molecule has 0 radical (unpaired) electrons. The molecule has 0 aliphatic heterocycles. The zero-order valence-corrected chi connectivity index (χ0v) is 14.3. The summed E-state index contributed by atoms with van der Waals surface area (Å²) in [6.45, 7) is 0. The second kappa shape index (κ2) is 6.89. The van der Waals surface area contributed by atoms with Gasteiger partial charge in [0.25, 0.3) is 0 Å². The molecule has 1 amide bonds. The number of rotatable bonds is 5. The summed E-state index contributed by atoms with van der Waals surface area (Å²) in [7, 11) is 0. The predicted molar refractivity (Wildman–Crippen MR) is 99.8 cm³/mol. The average molecular weight is 364 g/mol. The van der Waals surface area contributed by atoms with Gasteiger partial charge in [0.05, 0.1) is 11.4 Å². The molecule has 0 aliphatic rings. The Bertz CT molecular complexity index is 1040. The molecule has 5 nitrogen and oxygen atoms in total. The topological polar surface area (TPSA) is 59.8 Å². The quantitative estimate of drug-likeness (QED) is 0.535. The smallest absolute Gasteiger partial charge is 0.212 e. The minimum absolute atomic E-state index is 0.313. The van der Waals surface area contributed by atoms with Gasteiger partial charge in [0, 0.05) is 22.6 Å². The summed E-state index contributed by atoms with van der Waals surface area (Å²) in [6, 6.07) is 17.6. The van der Waals surface area contributed by atoms with E-state index in [2.05, 4.69) is 15.4 Å².